The first-order chi connectivity index (χ1) is 14.8. The fraction of sp³-hybridized carbons (Fsp3) is 0.333. The molecule has 0 radical (unpaired) electrons. The smallest absolute Gasteiger partial charge is 0.417 e. The van der Waals surface area contributed by atoms with Crippen LogP contribution in [0.2, 0.25) is 0 Å². The van der Waals surface area contributed by atoms with Gasteiger partial charge in [-0.2, -0.15) is 13.2 Å². The van der Waals surface area contributed by atoms with E-state index in [9.17, 15) is 18.0 Å². The number of likely N-dealkylation sites (tertiary alicyclic amines) is 1. The van der Waals surface area contributed by atoms with Gasteiger partial charge in [0, 0.05) is 30.7 Å². The number of hydrogen-bond donors (Lipinski definition) is 0. The van der Waals surface area contributed by atoms with Crippen LogP contribution in [-0.2, 0) is 11.0 Å². The Morgan fingerprint density at radius 2 is 1.77 bits per heavy atom. The second-order valence-corrected chi connectivity index (χ2v) is 7.73. The molecule has 1 amide bonds. The minimum absolute atomic E-state index is 0.0550. The summed E-state index contributed by atoms with van der Waals surface area (Å²) in [7, 11) is 0. The summed E-state index contributed by atoms with van der Waals surface area (Å²) in [5.41, 5.74) is 0.361. The fourth-order valence-corrected chi connectivity index (χ4v) is 4.03. The summed E-state index contributed by atoms with van der Waals surface area (Å²) < 4.78 is 46.3. The molecule has 0 bridgehead atoms. The van der Waals surface area contributed by atoms with Gasteiger partial charge in [-0.15, -0.1) is 0 Å². The van der Waals surface area contributed by atoms with E-state index in [1.807, 2.05) is 4.90 Å². The van der Waals surface area contributed by atoms with Gasteiger partial charge in [-0.25, -0.2) is 0 Å². The Morgan fingerprint density at radius 1 is 1.03 bits per heavy atom. The molecule has 1 aromatic heterocycles. The number of amides is 1. The highest BCUT2D eigenvalue weighted by Crippen LogP contribution is 2.39. The van der Waals surface area contributed by atoms with Crippen LogP contribution in [0, 0.1) is 0 Å². The molecule has 4 rings (SSSR count). The minimum atomic E-state index is -4.46. The first-order valence-corrected chi connectivity index (χ1v) is 10.4. The number of piperidine rings is 1. The van der Waals surface area contributed by atoms with Crippen molar-refractivity contribution in [2.45, 2.75) is 38.5 Å². The molecule has 0 saturated carbocycles. The van der Waals surface area contributed by atoms with Crippen LogP contribution in [0.3, 0.4) is 0 Å². The van der Waals surface area contributed by atoms with Gasteiger partial charge in [0.05, 0.1) is 11.1 Å². The monoisotopic (exact) mass is 428 g/mol. The molecular formula is C24H23F3N2O2. The third-order valence-corrected chi connectivity index (χ3v) is 5.57. The van der Waals surface area contributed by atoms with Crippen molar-refractivity contribution in [1.82, 2.24) is 9.88 Å². The summed E-state index contributed by atoms with van der Waals surface area (Å²) in [5.74, 6) is 0.403. The van der Waals surface area contributed by atoms with E-state index in [1.165, 1.54) is 18.3 Å². The van der Waals surface area contributed by atoms with Gasteiger partial charge in [-0.1, -0.05) is 18.2 Å². The van der Waals surface area contributed by atoms with Crippen molar-refractivity contribution in [3.05, 3.63) is 60.3 Å². The molecule has 1 aliphatic heterocycles. The highest BCUT2D eigenvalue weighted by Gasteiger charge is 2.33. The first kappa shape index (κ1) is 21.2. The fourth-order valence-electron chi connectivity index (χ4n) is 4.03. The molecule has 2 heterocycles. The van der Waals surface area contributed by atoms with Crippen LogP contribution in [0.4, 0.5) is 13.2 Å². The van der Waals surface area contributed by atoms with Gasteiger partial charge in [-0.05, 0) is 61.6 Å². The first-order valence-electron chi connectivity index (χ1n) is 10.4. The summed E-state index contributed by atoms with van der Waals surface area (Å²) >= 11 is 0. The molecule has 2 aromatic carbocycles. The lowest BCUT2D eigenvalue weighted by Gasteiger charge is -2.29. The summed E-state index contributed by atoms with van der Waals surface area (Å²) in [6.45, 7) is 3.20. The van der Waals surface area contributed by atoms with Crippen LogP contribution in [0.25, 0.3) is 22.0 Å². The summed E-state index contributed by atoms with van der Waals surface area (Å²) in [5, 5.41) is 0.585. The van der Waals surface area contributed by atoms with Gasteiger partial charge in [-0.3, -0.25) is 9.78 Å². The molecule has 1 unspecified atom stereocenters. The molecule has 1 atom stereocenters. The van der Waals surface area contributed by atoms with Crippen molar-refractivity contribution in [1.29, 1.82) is 0 Å². The number of benzene rings is 2. The number of fused-ring (bicyclic) bond motifs is 1. The van der Waals surface area contributed by atoms with Crippen molar-refractivity contribution >= 4 is 16.8 Å². The number of carbonyl (C=O) groups excluding carboxylic acids is 1. The Labute approximate surface area is 178 Å². The Balaban J connectivity index is 1.63. The van der Waals surface area contributed by atoms with E-state index in [2.05, 4.69) is 4.98 Å². The lowest BCUT2D eigenvalue weighted by atomic mass is 9.96. The number of pyridine rings is 1. The average molecular weight is 428 g/mol. The van der Waals surface area contributed by atoms with Crippen molar-refractivity contribution in [3.63, 3.8) is 0 Å². The Hall–Kier alpha value is -3.09. The Kier molecular flexibility index (Phi) is 5.85. The highest BCUT2D eigenvalue weighted by molar-refractivity contribution is 5.95. The molecule has 0 spiro atoms. The zero-order valence-corrected chi connectivity index (χ0v) is 17.2. The zero-order valence-electron chi connectivity index (χ0n) is 17.2. The van der Waals surface area contributed by atoms with Crippen LogP contribution in [0.5, 0.6) is 5.75 Å². The lowest BCUT2D eigenvalue weighted by molar-refractivity contribution is -0.139. The van der Waals surface area contributed by atoms with Crippen LogP contribution in [-0.4, -0.2) is 35.0 Å². The van der Waals surface area contributed by atoms with Gasteiger partial charge >= 0.3 is 6.18 Å². The van der Waals surface area contributed by atoms with Crippen molar-refractivity contribution in [3.8, 4) is 16.9 Å². The molecule has 0 N–H and O–H groups in total. The molecule has 0 aliphatic carbocycles. The number of carbonyl (C=O) groups is 1. The number of nitrogens with zero attached hydrogens (tertiary/aromatic N) is 2. The SMILES string of the molecule is CC(Oc1ccc2c(-c3ccccc3C(F)(F)F)ccnc2c1)C(=O)N1CCCCC1. The standard InChI is InChI=1S/C24H23F3N2O2/c1-16(23(30)29-13-5-2-6-14-29)31-17-9-10-20-18(11-12-28-22(20)15-17)19-7-3-4-8-21(19)24(25,26)27/h3-4,7-12,15-16H,2,5-6,13-14H2,1H3. The van der Waals surface area contributed by atoms with Crippen LogP contribution in [0.1, 0.15) is 31.7 Å². The minimum Gasteiger partial charge on any atom is -0.481 e. The van der Waals surface area contributed by atoms with E-state index in [0.717, 1.165) is 38.4 Å². The molecule has 1 aliphatic rings. The third-order valence-electron chi connectivity index (χ3n) is 5.57. The molecular weight excluding hydrogens is 405 g/mol. The van der Waals surface area contributed by atoms with E-state index in [0.29, 0.717) is 22.2 Å². The third kappa shape index (κ3) is 4.50. The topological polar surface area (TPSA) is 42.4 Å². The van der Waals surface area contributed by atoms with Crippen molar-refractivity contribution in [2.75, 3.05) is 13.1 Å². The maximum Gasteiger partial charge on any atom is 0.417 e. The number of ether oxygens (including phenoxy) is 1. The van der Waals surface area contributed by atoms with E-state index >= 15 is 0 Å². The summed E-state index contributed by atoms with van der Waals surface area (Å²) in [4.78, 5) is 18.7. The van der Waals surface area contributed by atoms with Gasteiger partial charge in [0.1, 0.15) is 5.75 Å². The maximum atomic E-state index is 13.5. The number of aromatic nitrogens is 1. The summed E-state index contributed by atoms with van der Waals surface area (Å²) in [6, 6.07) is 12.1. The predicted octanol–water partition coefficient (Wildman–Crippen LogP) is 5.70. The Morgan fingerprint density at radius 3 is 2.52 bits per heavy atom. The van der Waals surface area contributed by atoms with E-state index in [-0.39, 0.29) is 11.5 Å². The maximum absolute atomic E-state index is 13.5. The van der Waals surface area contributed by atoms with Gasteiger partial charge < -0.3 is 9.64 Å². The second kappa shape index (κ2) is 8.57. The van der Waals surface area contributed by atoms with Crippen molar-refractivity contribution < 1.29 is 22.7 Å². The Bertz CT molecular complexity index is 1090. The predicted molar refractivity (Wildman–Crippen MR) is 113 cm³/mol. The average Bonchev–Trinajstić information content (AvgIpc) is 2.78. The molecule has 4 nitrogen and oxygen atoms in total. The molecule has 7 heteroatoms. The molecule has 31 heavy (non-hydrogen) atoms. The van der Waals surface area contributed by atoms with E-state index in [4.69, 9.17) is 4.74 Å². The van der Waals surface area contributed by atoms with Crippen LogP contribution in [0.15, 0.2) is 54.7 Å². The largest absolute Gasteiger partial charge is 0.481 e. The molecule has 162 valence electrons. The van der Waals surface area contributed by atoms with E-state index < -0.39 is 17.8 Å². The zero-order chi connectivity index (χ0) is 22.0. The van der Waals surface area contributed by atoms with Crippen LogP contribution < -0.4 is 4.74 Å². The quantitative estimate of drug-likeness (QED) is 0.535. The van der Waals surface area contributed by atoms with Gasteiger partial charge in [0.25, 0.3) is 5.91 Å². The highest BCUT2D eigenvalue weighted by atomic mass is 19.4. The van der Waals surface area contributed by atoms with Crippen LogP contribution >= 0.6 is 0 Å². The van der Waals surface area contributed by atoms with Gasteiger partial charge in [0.2, 0.25) is 0 Å². The lowest BCUT2D eigenvalue weighted by Crippen LogP contribution is -2.43. The molecule has 1 fully saturated rings. The summed E-state index contributed by atoms with van der Waals surface area (Å²) in [6.07, 6.45) is -0.489. The molecule has 1 saturated heterocycles. The molecule has 3 aromatic rings. The van der Waals surface area contributed by atoms with E-state index in [1.54, 1.807) is 37.3 Å². The number of hydrogen-bond acceptors (Lipinski definition) is 3. The number of halogens is 3. The number of rotatable bonds is 4. The van der Waals surface area contributed by atoms with Crippen molar-refractivity contribution in [2.24, 2.45) is 0 Å². The van der Waals surface area contributed by atoms with Gasteiger partial charge in [0.15, 0.2) is 6.10 Å². The normalized spacial score (nSPS) is 15.7. The number of alkyl halides is 3. The second-order valence-electron chi connectivity index (χ2n) is 7.73.